The van der Waals surface area contributed by atoms with Gasteiger partial charge < -0.3 is 5.32 Å². The maximum atomic E-state index is 3.58. The highest BCUT2D eigenvalue weighted by atomic mass is 79.9. The van der Waals surface area contributed by atoms with Gasteiger partial charge in [0.15, 0.2) is 0 Å². The Hall–Kier alpha value is -0.380. The molecule has 1 heterocycles. The van der Waals surface area contributed by atoms with Crippen LogP contribution >= 0.6 is 15.9 Å². The van der Waals surface area contributed by atoms with Crippen LogP contribution in [-0.2, 0) is 6.42 Å². The molecule has 0 bridgehead atoms. The molecule has 0 amide bonds. The summed E-state index contributed by atoms with van der Waals surface area (Å²) in [5, 5.41) is 3.49. The zero-order chi connectivity index (χ0) is 12.3. The van der Waals surface area contributed by atoms with Crippen molar-refractivity contribution in [1.29, 1.82) is 0 Å². The van der Waals surface area contributed by atoms with Gasteiger partial charge in [-0.3, -0.25) is 4.90 Å². The summed E-state index contributed by atoms with van der Waals surface area (Å²) < 4.78 is 1.19. The minimum Gasteiger partial charge on any atom is -0.314 e. The van der Waals surface area contributed by atoms with E-state index >= 15 is 0 Å². The van der Waals surface area contributed by atoms with E-state index in [0.717, 1.165) is 19.6 Å². The zero-order valence-corrected chi connectivity index (χ0v) is 12.3. The molecule has 3 heteroatoms. The highest BCUT2D eigenvalue weighted by Crippen LogP contribution is 2.27. The zero-order valence-electron chi connectivity index (χ0n) is 10.7. The second-order valence-corrected chi connectivity index (χ2v) is 5.71. The molecule has 17 heavy (non-hydrogen) atoms. The quantitative estimate of drug-likeness (QED) is 0.922. The lowest BCUT2D eigenvalue weighted by atomic mass is 9.95. The van der Waals surface area contributed by atoms with Gasteiger partial charge in [0.25, 0.3) is 0 Å². The summed E-state index contributed by atoms with van der Waals surface area (Å²) in [6.07, 6.45) is 2.37. The van der Waals surface area contributed by atoms with E-state index in [1.807, 2.05) is 0 Å². The molecule has 2 rings (SSSR count). The Morgan fingerprint density at radius 2 is 2.29 bits per heavy atom. The van der Waals surface area contributed by atoms with Gasteiger partial charge in [-0.25, -0.2) is 0 Å². The number of hydrogen-bond acceptors (Lipinski definition) is 2. The van der Waals surface area contributed by atoms with E-state index in [9.17, 15) is 0 Å². The Morgan fingerprint density at radius 3 is 3.00 bits per heavy atom. The van der Waals surface area contributed by atoms with Crippen LogP contribution in [0.5, 0.6) is 0 Å². The van der Waals surface area contributed by atoms with Crippen LogP contribution in [0.25, 0.3) is 0 Å². The summed E-state index contributed by atoms with van der Waals surface area (Å²) in [6, 6.07) is 7.25. The molecule has 0 saturated carbocycles. The van der Waals surface area contributed by atoms with Crippen LogP contribution in [0.3, 0.4) is 0 Å². The molecule has 2 nitrogen and oxygen atoms in total. The van der Waals surface area contributed by atoms with Crippen LogP contribution < -0.4 is 5.32 Å². The van der Waals surface area contributed by atoms with Gasteiger partial charge in [-0.05, 0) is 36.7 Å². The van der Waals surface area contributed by atoms with Crippen LogP contribution in [-0.4, -0.2) is 31.6 Å². The van der Waals surface area contributed by atoms with E-state index in [1.54, 1.807) is 0 Å². The number of benzene rings is 1. The molecule has 1 atom stereocenters. The Balaban J connectivity index is 2.29. The van der Waals surface area contributed by atoms with Gasteiger partial charge in [-0.2, -0.15) is 0 Å². The molecule has 1 N–H and O–H groups in total. The molecule has 0 radical (unpaired) electrons. The predicted octanol–water partition coefficient (Wildman–Crippen LogP) is 2.98. The van der Waals surface area contributed by atoms with Crippen molar-refractivity contribution in [3.8, 4) is 0 Å². The fourth-order valence-corrected chi connectivity index (χ4v) is 2.95. The first-order chi connectivity index (χ1) is 8.22. The summed E-state index contributed by atoms with van der Waals surface area (Å²) in [5.74, 6) is 0. The molecule has 0 aromatic heterocycles. The number of hydrogen-bond donors (Lipinski definition) is 1. The molecule has 1 saturated heterocycles. The maximum absolute atomic E-state index is 3.58. The molecular formula is C14H21BrN2. The van der Waals surface area contributed by atoms with E-state index in [-0.39, 0.29) is 0 Å². The molecule has 0 aliphatic carbocycles. The van der Waals surface area contributed by atoms with Gasteiger partial charge in [0, 0.05) is 30.1 Å². The third-order valence-corrected chi connectivity index (χ3v) is 3.99. The predicted molar refractivity (Wildman–Crippen MR) is 76.4 cm³/mol. The minimum absolute atomic E-state index is 0.526. The molecule has 1 aromatic carbocycles. The number of rotatable bonds is 3. The van der Waals surface area contributed by atoms with Crippen molar-refractivity contribution >= 4 is 15.9 Å². The first-order valence-electron chi connectivity index (χ1n) is 6.41. The van der Waals surface area contributed by atoms with Gasteiger partial charge >= 0.3 is 0 Å². The number of halogens is 1. The van der Waals surface area contributed by atoms with E-state index in [1.165, 1.54) is 28.4 Å². The molecule has 94 valence electrons. The van der Waals surface area contributed by atoms with Crippen LogP contribution in [0, 0.1) is 0 Å². The first-order valence-corrected chi connectivity index (χ1v) is 7.21. The number of nitrogens with one attached hydrogen (secondary N) is 1. The van der Waals surface area contributed by atoms with Crippen molar-refractivity contribution in [3.05, 3.63) is 33.8 Å². The fraction of sp³-hybridized carbons (Fsp3) is 0.571. The summed E-state index contributed by atoms with van der Waals surface area (Å²) in [6.45, 7) is 5.54. The molecule has 1 aliphatic rings. The summed E-state index contributed by atoms with van der Waals surface area (Å²) in [7, 11) is 2.23. The number of piperazine rings is 1. The third kappa shape index (κ3) is 3.09. The number of aryl methyl sites for hydroxylation is 1. The van der Waals surface area contributed by atoms with Crippen molar-refractivity contribution in [2.75, 3.05) is 26.7 Å². The van der Waals surface area contributed by atoms with E-state index in [0.29, 0.717) is 6.04 Å². The third-order valence-electron chi connectivity index (χ3n) is 3.49. The topological polar surface area (TPSA) is 15.3 Å². The van der Waals surface area contributed by atoms with Crippen LogP contribution in [0.2, 0.25) is 0 Å². The average Bonchev–Trinajstić information content (AvgIpc) is 2.31. The lowest BCUT2D eigenvalue weighted by Gasteiger charge is -2.34. The molecular weight excluding hydrogens is 276 g/mol. The van der Waals surface area contributed by atoms with Gasteiger partial charge in [-0.1, -0.05) is 35.3 Å². The summed E-state index contributed by atoms with van der Waals surface area (Å²) >= 11 is 3.58. The van der Waals surface area contributed by atoms with Crippen LogP contribution in [0.15, 0.2) is 22.7 Å². The van der Waals surface area contributed by atoms with Gasteiger partial charge in [0.1, 0.15) is 0 Å². The van der Waals surface area contributed by atoms with Crippen LogP contribution in [0.4, 0.5) is 0 Å². The lowest BCUT2D eigenvalue weighted by molar-refractivity contribution is 0.201. The molecule has 1 unspecified atom stereocenters. The molecule has 1 fully saturated rings. The summed E-state index contributed by atoms with van der Waals surface area (Å²) in [4.78, 5) is 2.46. The van der Waals surface area contributed by atoms with E-state index < -0.39 is 0 Å². The van der Waals surface area contributed by atoms with Crippen molar-refractivity contribution in [2.45, 2.75) is 25.8 Å². The molecule has 1 aliphatic heterocycles. The summed E-state index contributed by atoms with van der Waals surface area (Å²) in [5.41, 5.74) is 2.98. The standard InChI is InChI=1S/C14H21BrN2/c1-3-4-11-9-12(15)5-6-13(11)14-10-16-7-8-17(14)2/h5-6,9,14,16H,3-4,7-8,10H2,1-2H3. The largest absolute Gasteiger partial charge is 0.314 e. The minimum atomic E-state index is 0.526. The normalized spacial score (nSPS) is 21.7. The molecule has 0 spiro atoms. The fourth-order valence-electron chi connectivity index (χ4n) is 2.54. The smallest absolute Gasteiger partial charge is 0.0472 e. The van der Waals surface area contributed by atoms with Crippen molar-refractivity contribution in [2.24, 2.45) is 0 Å². The Kier molecular flexibility index (Phi) is 4.60. The first kappa shape index (κ1) is 13.1. The molecule has 1 aromatic rings. The van der Waals surface area contributed by atoms with Crippen molar-refractivity contribution in [3.63, 3.8) is 0 Å². The SMILES string of the molecule is CCCc1cc(Br)ccc1C1CNCCN1C. The van der Waals surface area contributed by atoms with Gasteiger partial charge in [-0.15, -0.1) is 0 Å². The van der Waals surface area contributed by atoms with Crippen LogP contribution in [0.1, 0.15) is 30.5 Å². The highest BCUT2D eigenvalue weighted by Gasteiger charge is 2.22. The van der Waals surface area contributed by atoms with E-state index in [2.05, 4.69) is 58.3 Å². The Morgan fingerprint density at radius 1 is 1.47 bits per heavy atom. The Bertz CT molecular complexity index is 378. The average molecular weight is 297 g/mol. The number of nitrogens with zero attached hydrogens (tertiary/aromatic N) is 1. The van der Waals surface area contributed by atoms with Gasteiger partial charge in [0.05, 0.1) is 0 Å². The lowest BCUT2D eigenvalue weighted by Crippen LogP contribution is -2.44. The maximum Gasteiger partial charge on any atom is 0.0472 e. The number of likely N-dealkylation sites (N-methyl/N-ethyl adjacent to an activating group) is 1. The van der Waals surface area contributed by atoms with Crippen molar-refractivity contribution in [1.82, 2.24) is 10.2 Å². The van der Waals surface area contributed by atoms with E-state index in [4.69, 9.17) is 0 Å². The second kappa shape index (κ2) is 5.98. The highest BCUT2D eigenvalue weighted by molar-refractivity contribution is 9.10. The van der Waals surface area contributed by atoms with Crippen molar-refractivity contribution < 1.29 is 0 Å². The van der Waals surface area contributed by atoms with Gasteiger partial charge in [0.2, 0.25) is 0 Å². The monoisotopic (exact) mass is 296 g/mol. The Labute approximate surface area is 113 Å². The second-order valence-electron chi connectivity index (χ2n) is 4.79.